The minimum absolute atomic E-state index is 0.0635. The number of nitrogens with zero attached hydrogens (tertiary/aromatic N) is 2. The predicted octanol–water partition coefficient (Wildman–Crippen LogP) is 3.09. The first-order valence-electron chi connectivity index (χ1n) is 8.45. The van der Waals surface area contributed by atoms with E-state index in [2.05, 4.69) is 5.32 Å². The van der Waals surface area contributed by atoms with Crippen molar-refractivity contribution in [2.24, 2.45) is 0 Å². The molecule has 1 saturated heterocycles. The van der Waals surface area contributed by atoms with Gasteiger partial charge >= 0.3 is 0 Å². The Bertz CT molecular complexity index is 855. The molecule has 1 heterocycles. The molecule has 2 aromatic carbocycles. The maximum Gasteiger partial charge on any atom is 0.265 e. The van der Waals surface area contributed by atoms with Crippen LogP contribution in [0.15, 0.2) is 48.5 Å². The molecule has 0 saturated carbocycles. The molecule has 1 aliphatic rings. The lowest BCUT2D eigenvalue weighted by molar-refractivity contribution is -0.122. The number of carbonyl (C=O) groups is 2. The molecule has 6 heteroatoms. The monoisotopic (exact) mass is 349 g/mol. The number of ether oxygens (including phenoxy) is 1. The third-order valence-corrected chi connectivity index (χ3v) is 4.19. The van der Waals surface area contributed by atoms with Gasteiger partial charge in [0.25, 0.3) is 5.91 Å². The van der Waals surface area contributed by atoms with Gasteiger partial charge in [0.15, 0.2) is 6.10 Å². The van der Waals surface area contributed by atoms with Gasteiger partial charge in [-0.1, -0.05) is 12.1 Å². The molecule has 2 aromatic rings. The number of carbonyl (C=O) groups excluding carboxylic acids is 2. The van der Waals surface area contributed by atoms with Crippen LogP contribution < -0.4 is 15.0 Å². The van der Waals surface area contributed by atoms with E-state index >= 15 is 0 Å². The highest BCUT2D eigenvalue weighted by Crippen LogP contribution is 2.29. The molecule has 0 spiro atoms. The molecule has 0 radical (unpaired) electrons. The first kappa shape index (κ1) is 17.5. The van der Waals surface area contributed by atoms with Crippen molar-refractivity contribution in [3.8, 4) is 11.8 Å². The number of benzene rings is 2. The van der Waals surface area contributed by atoms with Gasteiger partial charge in [-0.2, -0.15) is 5.26 Å². The molecule has 6 nitrogen and oxygen atoms in total. The van der Waals surface area contributed by atoms with Crippen molar-refractivity contribution in [3.63, 3.8) is 0 Å². The van der Waals surface area contributed by atoms with Gasteiger partial charge in [-0.25, -0.2) is 0 Å². The predicted molar refractivity (Wildman–Crippen MR) is 97.9 cm³/mol. The fourth-order valence-corrected chi connectivity index (χ4v) is 2.82. The number of anilines is 2. The van der Waals surface area contributed by atoms with Gasteiger partial charge in [0.2, 0.25) is 5.91 Å². The fraction of sp³-hybridized carbons (Fsp3) is 0.250. The van der Waals surface area contributed by atoms with Crippen molar-refractivity contribution >= 4 is 23.2 Å². The molecule has 0 aromatic heterocycles. The van der Waals surface area contributed by atoms with Gasteiger partial charge in [-0.3, -0.25) is 9.59 Å². The average molecular weight is 349 g/mol. The summed E-state index contributed by atoms with van der Waals surface area (Å²) >= 11 is 0. The molecule has 3 rings (SSSR count). The zero-order valence-corrected chi connectivity index (χ0v) is 14.4. The quantitative estimate of drug-likeness (QED) is 0.899. The van der Waals surface area contributed by atoms with Crippen molar-refractivity contribution in [1.82, 2.24) is 0 Å². The van der Waals surface area contributed by atoms with Crippen LogP contribution in [-0.4, -0.2) is 24.5 Å². The van der Waals surface area contributed by atoms with E-state index in [1.165, 1.54) is 0 Å². The summed E-state index contributed by atoms with van der Waals surface area (Å²) < 4.78 is 5.63. The van der Waals surface area contributed by atoms with E-state index in [0.29, 0.717) is 35.7 Å². The molecule has 2 amide bonds. The Kier molecular flexibility index (Phi) is 5.18. The average Bonchev–Trinajstić information content (AvgIpc) is 3.08. The van der Waals surface area contributed by atoms with Gasteiger partial charge in [0.1, 0.15) is 5.75 Å². The van der Waals surface area contributed by atoms with Crippen molar-refractivity contribution in [1.29, 1.82) is 5.26 Å². The first-order valence-corrected chi connectivity index (χ1v) is 8.45. The molecule has 132 valence electrons. The second kappa shape index (κ2) is 7.70. The van der Waals surface area contributed by atoms with Crippen LogP contribution in [-0.2, 0) is 9.59 Å². The molecule has 0 bridgehead atoms. The summed E-state index contributed by atoms with van der Waals surface area (Å²) in [7, 11) is 0. The zero-order chi connectivity index (χ0) is 18.5. The van der Waals surface area contributed by atoms with Crippen LogP contribution in [0.1, 0.15) is 25.3 Å². The lowest BCUT2D eigenvalue weighted by Gasteiger charge is -2.21. The molecule has 26 heavy (non-hydrogen) atoms. The Hall–Kier alpha value is -3.33. The minimum atomic E-state index is -0.731. The summed E-state index contributed by atoms with van der Waals surface area (Å²) in [5.74, 6) is 0.261. The number of nitriles is 1. The molecule has 1 aliphatic heterocycles. The Labute approximate surface area is 152 Å². The van der Waals surface area contributed by atoms with E-state index in [4.69, 9.17) is 10.00 Å². The van der Waals surface area contributed by atoms with E-state index in [9.17, 15) is 9.59 Å². The maximum atomic E-state index is 12.5. The van der Waals surface area contributed by atoms with Gasteiger partial charge in [0, 0.05) is 13.0 Å². The second-order valence-corrected chi connectivity index (χ2v) is 6.05. The Morgan fingerprint density at radius 1 is 1.23 bits per heavy atom. The van der Waals surface area contributed by atoms with Crippen LogP contribution in [0.4, 0.5) is 11.4 Å². The Morgan fingerprint density at radius 2 is 1.96 bits per heavy atom. The van der Waals surface area contributed by atoms with E-state index < -0.39 is 6.10 Å². The lowest BCUT2D eigenvalue weighted by Crippen LogP contribution is -2.31. The molecular formula is C20H19N3O3. The van der Waals surface area contributed by atoms with Crippen molar-refractivity contribution in [2.75, 3.05) is 16.8 Å². The SMILES string of the molecule is CC(Oc1ccc(C#N)cc1)C(=O)Nc1ccccc1N1CCCC1=O. The molecular weight excluding hydrogens is 330 g/mol. The number of amides is 2. The summed E-state index contributed by atoms with van der Waals surface area (Å²) in [5, 5.41) is 11.7. The molecule has 1 N–H and O–H groups in total. The van der Waals surface area contributed by atoms with Crippen LogP contribution in [0.5, 0.6) is 5.75 Å². The number of hydrogen-bond donors (Lipinski definition) is 1. The number of hydrogen-bond acceptors (Lipinski definition) is 4. The summed E-state index contributed by atoms with van der Waals surface area (Å²) in [4.78, 5) is 26.2. The maximum absolute atomic E-state index is 12.5. The van der Waals surface area contributed by atoms with Crippen molar-refractivity contribution < 1.29 is 14.3 Å². The summed E-state index contributed by atoms with van der Waals surface area (Å²) in [6, 6.07) is 15.9. The highest BCUT2D eigenvalue weighted by atomic mass is 16.5. The van der Waals surface area contributed by atoms with E-state index in [-0.39, 0.29) is 11.8 Å². The molecule has 1 atom stereocenters. The van der Waals surface area contributed by atoms with Crippen molar-refractivity contribution in [2.45, 2.75) is 25.9 Å². The first-order chi connectivity index (χ1) is 12.6. The molecule has 1 unspecified atom stereocenters. The van der Waals surface area contributed by atoms with Gasteiger partial charge in [-0.15, -0.1) is 0 Å². The Balaban J connectivity index is 1.69. The zero-order valence-electron chi connectivity index (χ0n) is 14.4. The number of para-hydroxylation sites is 2. The number of nitrogens with one attached hydrogen (secondary N) is 1. The second-order valence-electron chi connectivity index (χ2n) is 6.05. The van der Waals surface area contributed by atoms with E-state index in [1.54, 1.807) is 42.2 Å². The van der Waals surface area contributed by atoms with Gasteiger partial charge in [0.05, 0.1) is 23.0 Å². The van der Waals surface area contributed by atoms with Gasteiger partial charge in [-0.05, 0) is 49.7 Å². The molecule has 0 aliphatic carbocycles. The van der Waals surface area contributed by atoms with Gasteiger partial charge < -0.3 is 15.0 Å². The lowest BCUT2D eigenvalue weighted by atomic mass is 10.2. The van der Waals surface area contributed by atoms with E-state index in [0.717, 1.165) is 6.42 Å². The standard InChI is InChI=1S/C20H19N3O3/c1-14(26-16-10-8-15(13-21)9-11-16)20(25)22-17-5-2-3-6-18(17)23-12-4-7-19(23)24/h2-3,5-6,8-11,14H,4,7,12H2,1H3,(H,22,25). The van der Waals surface area contributed by atoms with Crippen LogP contribution in [0.2, 0.25) is 0 Å². The van der Waals surface area contributed by atoms with Crippen molar-refractivity contribution in [3.05, 3.63) is 54.1 Å². The summed E-state index contributed by atoms with van der Waals surface area (Å²) in [6.45, 7) is 2.31. The normalized spacial score (nSPS) is 14.6. The fourth-order valence-electron chi connectivity index (χ4n) is 2.82. The topological polar surface area (TPSA) is 82.4 Å². The van der Waals surface area contributed by atoms with E-state index in [1.807, 2.05) is 24.3 Å². The number of rotatable bonds is 5. The third kappa shape index (κ3) is 3.83. The summed E-state index contributed by atoms with van der Waals surface area (Å²) in [5.41, 5.74) is 1.82. The summed E-state index contributed by atoms with van der Waals surface area (Å²) in [6.07, 6.45) is 0.616. The Morgan fingerprint density at radius 3 is 2.62 bits per heavy atom. The smallest absolute Gasteiger partial charge is 0.265 e. The third-order valence-electron chi connectivity index (χ3n) is 4.19. The van der Waals surface area contributed by atoms with Crippen LogP contribution in [0, 0.1) is 11.3 Å². The largest absolute Gasteiger partial charge is 0.481 e. The minimum Gasteiger partial charge on any atom is -0.481 e. The highest BCUT2D eigenvalue weighted by Gasteiger charge is 2.25. The van der Waals surface area contributed by atoms with Crippen LogP contribution >= 0.6 is 0 Å². The molecule has 1 fully saturated rings. The highest BCUT2D eigenvalue weighted by molar-refractivity contribution is 6.03. The van der Waals surface area contributed by atoms with Crippen LogP contribution in [0.3, 0.4) is 0 Å². The van der Waals surface area contributed by atoms with Crippen LogP contribution in [0.25, 0.3) is 0 Å².